The molecular formula is C11H17N5O2S. The number of pyridine rings is 1. The normalized spacial score (nSPS) is 11.9. The lowest BCUT2D eigenvalue weighted by Crippen LogP contribution is -2.29. The minimum absolute atomic E-state index is 0.00459. The first-order valence-corrected chi connectivity index (χ1v) is 7.70. The Morgan fingerprint density at radius 1 is 1.42 bits per heavy atom. The van der Waals surface area contributed by atoms with E-state index < -0.39 is 10.0 Å². The van der Waals surface area contributed by atoms with Crippen LogP contribution in [0.25, 0.3) is 5.65 Å². The number of anilines is 1. The zero-order valence-corrected chi connectivity index (χ0v) is 11.7. The van der Waals surface area contributed by atoms with E-state index in [1.54, 1.807) is 17.6 Å². The Bertz CT molecular complexity index is 665. The van der Waals surface area contributed by atoms with Gasteiger partial charge >= 0.3 is 0 Å². The lowest BCUT2D eigenvalue weighted by molar-refractivity contribution is 0.584. The molecule has 0 amide bonds. The van der Waals surface area contributed by atoms with Crippen molar-refractivity contribution in [1.29, 1.82) is 0 Å². The molecule has 0 spiro atoms. The molecule has 7 nitrogen and oxygen atoms in total. The number of aryl methyl sites for hydroxylation is 1. The minimum atomic E-state index is -3.21. The highest BCUT2D eigenvalue weighted by Crippen LogP contribution is 2.09. The molecule has 2 rings (SSSR count). The lowest BCUT2D eigenvalue weighted by atomic mass is 10.3. The fourth-order valence-electron chi connectivity index (χ4n) is 1.70. The van der Waals surface area contributed by atoms with Gasteiger partial charge in [-0.2, -0.15) is 4.98 Å². The molecule has 0 aliphatic rings. The summed E-state index contributed by atoms with van der Waals surface area (Å²) in [5, 5.41) is 7.13. The molecule has 0 aliphatic heterocycles. The molecular weight excluding hydrogens is 266 g/mol. The Kier molecular flexibility index (Phi) is 4.01. The molecule has 8 heteroatoms. The maximum Gasteiger partial charge on any atom is 0.243 e. The third kappa shape index (κ3) is 3.42. The second kappa shape index (κ2) is 5.54. The Labute approximate surface area is 112 Å². The monoisotopic (exact) mass is 283 g/mol. The third-order valence-corrected chi connectivity index (χ3v) is 4.05. The van der Waals surface area contributed by atoms with Gasteiger partial charge in [0, 0.05) is 19.3 Å². The van der Waals surface area contributed by atoms with Crippen LogP contribution in [0.4, 0.5) is 5.95 Å². The number of hydrogen-bond acceptors (Lipinski definition) is 5. The Hall–Kier alpha value is -1.67. The van der Waals surface area contributed by atoms with Crippen molar-refractivity contribution in [3.63, 3.8) is 0 Å². The van der Waals surface area contributed by atoms with E-state index in [-0.39, 0.29) is 12.3 Å². The highest BCUT2D eigenvalue weighted by molar-refractivity contribution is 7.89. The molecule has 19 heavy (non-hydrogen) atoms. The van der Waals surface area contributed by atoms with Gasteiger partial charge < -0.3 is 5.32 Å². The molecule has 0 aliphatic carbocycles. The van der Waals surface area contributed by atoms with Crippen molar-refractivity contribution < 1.29 is 8.42 Å². The van der Waals surface area contributed by atoms with Gasteiger partial charge in [-0.3, -0.25) is 0 Å². The average Bonchev–Trinajstić information content (AvgIpc) is 2.73. The SMILES string of the molecule is CCNS(=O)(=O)CCNc1nc2c(C)cccn2n1. The van der Waals surface area contributed by atoms with E-state index in [0.29, 0.717) is 12.5 Å². The van der Waals surface area contributed by atoms with Crippen LogP contribution < -0.4 is 10.0 Å². The molecule has 2 heterocycles. The van der Waals surface area contributed by atoms with Crippen molar-refractivity contribution in [2.75, 3.05) is 24.2 Å². The standard InChI is InChI=1S/C11H17N5O2S/c1-3-13-19(17,18)8-6-12-11-14-10-9(2)5-4-7-16(10)15-11/h4-5,7,13H,3,6,8H2,1-2H3,(H,12,15). The molecule has 0 saturated heterocycles. The first kappa shape index (κ1) is 13.8. The topological polar surface area (TPSA) is 88.4 Å². The van der Waals surface area contributed by atoms with Crippen LogP contribution in [0.1, 0.15) is 12.5 Å². The summed E-state index contributed by atoms with van der Waals surface area (Å²) in [5.74, 6) is 0.427. The summed E-state index contributed by atoms with van der Waals surface area (Å²) >= 11 is 0. The van der Waals surface area contributed by atoms with Crippen molar-refractivity contribution in [3.05, 3.63) is 23.9 Å². The molecule has 0 atom stereocenters. The zero-order valence-electron chi connectivity index (χ0n) is 10.9. The second-order valence-electron chi connectivity index (χ2n) is 4.14. The van der Waals surface area contributed by atoms with Crippen LogP contribution >= 0.6 is 0 Å². The minimum Gasteiger partial charge on any atom is -0.352 e. The summed E-state index contributed by atoms with van der Waals surface area (Å²) in [7, 11) is -3.21. The fraction of sp³-hybridized carbons (Fsp3) is 0.455. The van der Waals surface area contributed by atoms with Crippen molar-refractivity contribution in [3.8, 4) is 0 Å². The predicted molar refractivity (Wildman–Crippen MR) is 73.7 cm³/mol. The molecule has 0 fully saturated rings. The Morgan fingerprint density at radius 3 is 2.89 bits per heavy atom. The van der Waals surface area contributed by atoms with Crippen molar-refractivity contribution in [1.82, 2.24) is 19.3 Å². The van der Waals surface area contributed by atoms with Gasteiger partial charge in [0.1, 0.15) is 0 Å². The molecule has 0 bridgehead atoms. The summed E-state index contributed by atoms with van der Waals surface area (Å²) in [5.41, 5.74) is 1.78. The molecule has 104 valence electrons. The van der Waals surface area contributed by atoms with Crippen LogP contribution in [0.2, 0.25) is 0 Å². The van der Waals surface area contributed by atoms with Crippen molar-refractivity contribution >= 4 is 21.6 Å². The Balaban J connectivity index is 2.01. The van der Waals surface area contributed by atoms with E-state index in [1.807, 2.05) is 19.1 Å². The van der Waals surface area contributed by atoms with Crippen LogP contribution in [-0.2, 0) is 10.0 Å². The number of aromatic nitrogens is 3. The summed E-state index contributed by atoms with van der Waals surface area (Å²) in [4.78, 5) is 4.30. The van der Waals surface area contributed by atoms with E-state index in [2.05, 4.69) is 20.1 Å². The highest BCUT2D eigenvalue weighted by atomic mass is 32.2. The number of nitrogens with zero attached hydrogens (tertiary/aromatic N) is 3. The van der Waals surface area contributed by atoms with Gasteiger partial charge in [-0.25, -0.2) is 17.7 Å². The van der Waals surface area contributed by atoms with Gasteiger partial charge in [-0.05, 0) is 18.6 Å². The van der Waals surface area contributed by atoms with Gasteiger partial charge in [-0.15, -0.1) is 5.10 Å². The third-order valence-electron chi connectivity index (χ3n) is 2.58. The maximum atomic E-state index is 11.4. The summed E-state index contributed by atoms with van der Waals surface area (Å²) in [6, 6.07) is 3.83. The molecule has 0 unspecified atom stereocenters. The maximum absolute atomic E-state index is 11.4. The van der Waals surface area contributed by atoms with Gasteiger partial charge in [-0.1, -0.05) is 13.0 Å². The highest BCUT2D eigenvalue weighted by Gasteiger charge is 2.09. The smallest absolute Gasteiger partial charge is 0.243 e. The van der Waals surface area contributed by atoms with Gasteiger partial charge in [0.15, 0.2) is 5.65 Å². The summed E-state index contributed by atoms with van der Waals surface area (Å²) in [6.07, 6.45) is 1.80. The fourth-order valence-corrected chi connectivity index (χ4v) is 2.66. The van der Waals surface area contributed by atoms with E-state index in [0.717, 1.165) is 11.2 Å². The summed E-state index contributed by atoms with van der Waals surface area (Å²) < 4.78 is 27.0. The average molecular weight is 283 g/mol. The largest absolute Gasteiger partial charge is 0.352 e. The number of rotatable bonds is 6. The van der Waals surface area contributed by atoms with Crippen LogP contribution in [0.15, 0.2) is 18.3 Å². The first-order chi connectivity index (χ1) is 9.02. The quantitative estimate of drug-likeness (QED) is 0.800. The second-order valence-corrected chi connectivity index (χ2v) is 6.06. The van der Waals surface area contributed by atoms with Gasteiger partial charge in [0.25, 0.3) is 0 Å². The van der Waals surface area contributed by atoms with Crippen LogP contribution in [-0.4, -0.2) is 41.9 Å². The lowest BCUT2D eigenvalue weighted by Gasteiger charge is -2.04. The van der Waals surface area contributed by atoms with Crippen LogP contribution in [0, 0.1) is 6.92 Å². The van der Waals surface area contributed by atoms with E-state index in [9.17, 15) is 8.42 Å². The molecule has 0 aromatic carbocycles. The Morgan fingerprint density at radius 2 is 2.21 bits per heavy atom. The molecule has 2 N–H and O–H groups in total. The molecule has 2 aromatic rings. The number of sulfonamides is 1. The van der Waals surface area contributed by atoms with Gasteiger partial charge in [0.2, 0.25) is 16.0 Å². The van der Waals surface area contributed by atoms with E-state index in [1.165, 1.54) is 0 Å². The molecule has 0 radical (unpaired) electrons. The zero-order chi connectivity index (χ0) is 13.9. The van der Waals surface area contributed by atoms with Gasteiger partial charge in [0.05, 0.1) is 5.75 Å². The number of fused-ring (bicyclic) bond motifs is 1. The molecule has 2 aromatic heterocycles. The first-order valence-electron chi connectivity index (χ1n) is 6.05. The van der Waals surface area contributed by atoms with E-state index in [4.69, 9.17) is 0 Å². The van der Waals surface area contributed by atoms with E-state index >= 15 is 0 Å². The number of nitrogens with one attached hydrogen (secondary N) is 2. The van der Waals surface area contributed by atoms with Crippen molar-refractivity contribution in [2.24, 2.45) is 0 Å². The van der Waals surface area contributed by atoms with Crippen molar-refractivity contribution in [2.45, 2.75) is 13.8 Å². The summed E-state index contributed by atoms with van der Waals surface area (Å²) in [6.45, 7) is 4.36. The van der Waals surface area contributed by atoms with Crippen LogP contribution in [0.5, 0.6) is 0 Å². The van der Waals surface area contributed by atoms with Crippen LogP contribution in [0.3, 0.4) is 0 Å². The predicted octanol–water partition coefficient (Wildman–Crippen LogP) is 0.389. The number of hydrogen-bond donors (Lipinski definition) is 2. The molecule has 0 saturated carbocycles.